The first-order valence-corrected chi connectivity index (χ1v) is 5.51. The van der Waals surface area contributed by atoms with Gasteiger partial charge in [0.2, 0.25) is 5.91 Å². The molecule has 20 heavy (non-hydrogen) atoms. The highest BCUT2D eigenvalue weighted by atomic mass is 19.4. The Balaban J connectivity index is 2.66. The van der Waals surface area contributed by atoms with Crippen LogP contribution in [0.2, 0.25) is 0 Å². The lowest BCUT2D eigenvalue weighted by Gasteiger charge is -2.09. The number of hydrogen-bond donors (Lipinski definition) is 2. The van der Waals surface area contributed by atoms with Crippen molar-refractivity contribution in [1.82, 2.24) is 5.32 Å². The molecule has 0 aliphatic rings. The molecule has 0 aromatic heterocycles. The number of carbonyl (C=O) groups excluding carboxylic acids is 1. The van der Waals surface area contributed by atoms with Crippen LogP contribution >= 0.6 is 0 Å². The summed E-state index contributed by atoms with van der Waals surface area (Å²) in [4.78, 5) is 21.5. The highest BCUT2D eigenvalue weighted by Crippen LogP contribution is 2.25. The number of benzene rings is 1. The van der Waals surface area contributed by atoms with Crippen LogP contribution in [-0.2, 0) is 4.79 Å². The lowest BCUT2D eigenvalue weighted by molar-refractivity contribution is -0.383. The normalized spacial score (nSPS) is 11.2. The monoisotopic (exact) mass is 291 g/mol. The fraction of sp³-hybridized carbons (Fsp3) is 0.364. The van der Waals surface area contributed by atoms with Gasteiger partial charge in [0.1, 0.15) is 5.69 Å². The molecule has 0 radical (unpaired) electrons. The number of nitro groups is 1. The van der Waals surface area contributed by atoms with Crippen molar-refractivity contribution in [2.75, 3.05) is 18.4 Å². The average molecular weight is 291 g/mol. The third kappa shape index (κ3) is 5.22. The van der Waals surface area contributed by atoms with E-state index in [1.165, 1.54) is 18.2 Å². The van der Waals surface area contributed by atoms with Crippen LogP contribution < -0.4 is 10.6 Å². The van der Waals surface area contributed by atoms with Crippen molar-refractivity contribution in [2.24, 2.45) is 0 Å². The molecule has 0 unspecified atom stereocenters. The molecule has 0 aliphatic carbocycles. The molecule has 0 saturated heterocycles. The van der Waals surface area contributed by atoms with Gasteiger partial charge < -0.3 is 10.6 Å². The SMILES string of the molecule is Cc1ccc([N+](=O)[O-])c(NC(=O)CNCC(F)(F)F)c1. The molecule has 1 aromatic rings. The zero-order valence-corrected chi connectivity index (χ0v) is 10.5. The summed E-state index contributed by atoms with van der Waals surface area (Å²) in [5, 5.41) is 14.9. The van der Waals surface area contributed by atoms with E-state index >= 15 is 0 Å². The number of alkyl halides is 3. The highest BCUT2D eigenvalue weighted by molar-refractivity contribution is 5.94. The molecular formula is C11H12F3N3O3. The summed E-state index contributed by atoms with van der Waals surface area (Å²) >= 11 is 0. The molecule has 9 heteroatoms. The van der Waals surface area contributed by atoms with E-state index in [2.05, 4.69) is 5.32 Å². The van der Waals surface area contributed by atoms with E-state index in [4.69, 9.17) is 0 Å². The third-order valence-electron chi connectivity index (χ3n) is 2.23. The molecule has 2 N–H and O–H groups in total. The van der Waals surface area contributed by atoms with Crippen molar-refractivity contribution in [2.45, 2.75) is 13.1 Å². The summed E-state index contributed by atoms with van der Waals surface area (Å²) < 4.78 is 35.6. The predicted molar refractivity (Wildman–Crippen MR) is 65.4 cm³/mol. The topological polar surface area (TPSA) is 84.3 Å². The van der Waals surface area contributed by atoms with E-state index in [1.54, 1.807) is 6.92 Å². The van der Waals surface area contributed by atoms with Crippen molar-refractivity contribution in [3.8, 4) is 0 Å². The van der Waals surface area contributed by atoms with Crippen molar-refractivity contribution in [3.05, 3.63) is 33.9 Å². The van der Waals surface area contributed by atoms with Crippen LogP contribution in [0, 0.1) is 17.0 Å². The number of nitrogens with zero attached hydrogens (tertiary/aromatic N) is 1. The maximum Gasteiger partial charge on any atom is 0.401 e. The summed E-state index contributed by atoms with van der Waals surface area (Å²) in [7, 11) is 0. The second-order valence-corrected chi connectivity index (χ2v) is 4.04. The lowest BCUT2D eigenvalue weighted by Crippen LogP contribution is -2.35. The number of nitro benzene ring substituents is 1. The van der Waals surface area contributed by atoms with Gasteiger partial charge in [0.05, 0.1) is 18.0 Å². The Hall–Kier alpha value is -2.16. The highest BCUT2D eigenvalue weighted by Gasteiger charge is 2.26. The van der Waals surface area contributed by atoms with E-state index in [1.807, 2.05) is 5.32 Å². The summed E-state index contributed by atoms with van der Waals surface area (Å²) in [5.74, 6) is -0.789. The minimum atomic E-state index is -4.42. The van der Waals surface area contributed by atoms with Gasteiger partial charge in [0.25, 0.3) is 5.69 Å². The molecule has 0 atom stereocenters. The summed E-state index contributed by atoms with van der Waals surface area (Å²) in [6.07, 6.45) is -4.42. The first-order valence-electron chi connectivity index (χ1n) is 5.51. The first kappa shape index (κ1) is 15.9. The molecule has 0 heterocycles. The van der Waals surface area contributed by atoms with Crippen LogP contribution in [0.15, 0.2) is 18.2 Å². The van der Waals surface area contributed by atoms with Gasteiger partial charge >= 0.3 is 6.18 Å². The molecule has 0 bridgehead atoms. The second-order valence-electron chi connectivity index (χ2n) is 4.04. The van der Waals surface area contributed by atoms with Gasteiger partial charge in [-0.25, -0.2) is 0 Å². The average Bonchev–Trinajstić information content (AvgIpc) is 2.26. The molecule has 1 amide bonds. The fourth-order valence-corrected chi connectivity index (χ4v) is 1.42. The van der Waals surface area contributed by atoms with E-state index in [0.717, 1.165) is 0 Å². The Morgan fingerprint density at radius 3 is 2.60 bits per heavy atom. The molecule has 1 aromatic carbocycles. The van der Waals surface area contributed by atoms with Crippen molar-refractivity contribution in [1.29, 1.82) is 0 Å². The second kappa shape index (κ2) is 6.33. The van der Waals surface area contributed by atoms with Crippen LogP contribution in [0.5, 0.6) is 0 Å². The summed E-state index contributed by atoms with van der Waals surface area (Å²) in [6, 6.07) is 4.09. The van der Waals surface area contributed by atoms with E-state index in [9.17, 15) is 28.1 Å². The van der Waals surface area contributed by atoms with Crippen LogP contribution in [0.3, 0.4) is 0 Å². The quantitative estimate of drug-likeness (QED) is 0.642. The third-order valence-corrected chi connectivity index (χ3v) is 2.23. The Labute approximate surface area is 112 Å². The molecule has 0 aliphatic heterocycles. The van der Waals surface area contributed by atoms with Gasteiger partial charge in [0.15, 0.2) is 0 Å². The van der Waals surface area contributed by atoms with Crippen molar-refractivity contribution < 1.29 is 22.9 Å². The van der Waals surface area contributed by atoms with Gasteiger partial charge in [-0.1, -0.05) is 6.07 Å². The Morgan fingerprint density at radius 2 is 2.05 bits per heavy atom. The molecule has 0 fully saturated rings. The Morgan fingerprint density at radius 1 is 1.40 bits per heavy atom. The number of carbonyl (C=O) groups is 1. The number of halogens is 3. The van der Waals surface area contributed by atoms with Crippen molar-refractivity contribution in [3.63, 3.8) is 0 Å². The van der Waals surface area contributed by atoms with Crippen LogP contribution in [0.25, 0.3) is 0 Å². The summed E-state index contributed by atoms with van der Waals surface area (Å²) in [5.41, 5.74) is 0.308. The van der Waals surface area contributed by atoms with Gasteiger partial charge in [-0.3, -0.25) is 14.9 Å². The van der Waals surface area contributed by atoms with Gasteiger partial charge in [-0.2, -0.15) is 13.2 Å². The number of nitrogens with one attached hydrogen (secondary N) is 2. The molecular weight excluding hydrogens is 279 g/mol. The zero-order valence-electron chi connectivity index (χ0n) is 10.5. The number of rotatable bonds is 5. The van der Waals surface area contributed by atoms with Crippen LogP contribution in [0.1, 0.15) is 5.56 Å². The van der Waals surface area contributed by atoms with Gasteiger partial charge in [0, 0.05) is 6.07 Å². The standard InChI is InChI=1S/C11H12F3N3O3/c1-7-2-3-9(17(19)20)8(4-7)16-10(18)5-15-6-11(12,13)14/h2-4,15H,5-6H2,1H3,(H,16,18). The lowest BCUT2D eigenvalue weighted by atomic mass is 10.2. The fourth-order valence-electron chi connectivity index (χ4n) is 1.42. The molecule has 6 nitrogen and oxygen atoms in total. The summed E-state index contributed by atoms with van der Waals surface area (Å²) in [6.45, 7) is -0.234. The molecule has 110 valence electrons. The van der Waals surface area contributed by atoms with E-state index in [-0.39, 0.29) is 11.4 Å². The minimum absolute atomic E-state index is 0.0474. The number of anilines is 1. The molecule has 1 rings (SSSR count). The number of hydrogen-bond acceptors (Lipinski definition) is 4. The maximum atomic E-state index is 11.9. The van der Waals surface area contributed by atoms with E-state index < -0.39 is 30.1 Å². The molecule has 0 saturated carbocycles. The van der Waals surface area contributed by atoms with Crippen molar-refractivity contribution >= 4 is 17.3 Å². The number of aryl methyl sites for hydroxylation is 1. The minimum Gasteiger partial charge on any atom is -0.319 e. The van der Waals surface area contributed by atoms with Gasteiger partial charge in [-0.15, -0.1) is 0 Å². The predicted octanol–water partition coefficient (Wildman–Crippen LogP) is 1.99. The first-order chi connectivity index (χ1) is 9.19. The van der Waals surface area contributed by atoms with E-state index in [0.29, 0.717) is 5.56 Å². The molecule has 0 spiro atoms. The smallest absolute Gasteiger partial charge is 0.319 e. The van der Waals surface area contributed by atoms with Gasteiger partial charge in [-0.05, 0) is 18.6 Å². The maximum absolute atomic E-state index is 11.9. The zero-order chi connectivity index (χ0) is 15.3. The Kier molecular flexibility index (Phi) is 5.03. The largest absolute Gasteiger partial charge is 0.401 e. The Bertz CT molecular complexity index is 517. The van der Waals surface area contributed by atoms with Crippen LogP contribution in [-0.4, -0.2) is 30.1 Å². The number of amides is 1. The van der Waals surface area contributed by atoms with Crippen LogP contribution in [0.4, 0.5) is 24.5 Å².